The molecule has 0 saturated carbocycles. The second-order valence-electron chi connectivity index (χ2n) is 25.3. The van der Waals surface area contributed by atoms with Crippen LogP contribution in [0.25, 0.3) is 0 Å². The number of hydrogen-bond donors (Lipinski definition) is 3. The van der Waals surface area contributed by atoms with Crippen LogP contribution in [0.3, 0.4) is 0 Å². The first-order valence-corrected chi connectivity index (χ1v) is 36.4. The van der Waals surface area contributed by atoms with Crippen molar-refractivity contribution in [3.05, 3.63) is 12.2 Å². The molecule has 1 amide bonds. The number of carbonyl (C=O) groups excluding carboxylic acids is 2. The van der Waals surface area contributed by atoms with Crippen LogP contribution in [0, 0.1) is 0 Å². The molecule has 0 aliphatic rings. The molecule has 0 aromatic heterocycles. The van der Waals surface area contributed by atoms with Gasteiger partial charge in [-0.3, -0.25) is 9.59 Å². The number of carbonyl (C=O) groups is 2. The number of rotatable bonds is 69. The maximum atomic E-state index is 12.5. The molecular weight excluding hydrogens is 971 g/mol. The molecule has 0 rings (SSSR count). The van der Waals surface area contributed by atoms with Crippen LogP contribution in [-0.4, -0.2) is 47.4 Å². The van der Waals surface area contributed by atoms with Gasteiger partial charge in [0.15, 0.2) is 0 Å². The van der Waals surface area contributed by atoms with Crippen molar-refractivity contribution in [2.24, 2.45) is 0 Å². The Morgan fingerprint density at radius 1 is 0.342 bits per heavy atom. The summed E-state index contributed by atoms with van der Waals surface area (Å²) in [6.45, 7) is 5.00. The Kier molecular flexibility index (Phi) is 67.9. The number of allylic oxidation sites excluding steroid dienone is 2. The SMILES string of the molecule is CCCCCCCCCCCCCCCCCCCCC(=O)OCCCCCCCCCCCCCC/C=C\CCCCCCCCCCCCCC(=O)NC(CO)C(O)CCCCCCCCCCCCCCCCCCC. The second-order valence-corrected chi connectivity index (χ2v) is 25.3. The molecule has 0 aromatic carbocycles. The summed E-state index contributed by atoms with van der Waals surface area (Å²) in [5, 5.41) is 23.4. The lowest BCUT2D eigenvalue weighted by Crippen LogP contribution is -2.45. The van der Waals surface area contributed by atoms with E-state index in [4.69, 9.17) is 4.74 Å². The van der Waals surface area contributed by atoms with Gasteiger partial charge in [-0.2, -0.15) is 0 Å². The molecule has 79 heavy (non-hydrogen) atoms. The van der Waals surface area contributed by atoms with Crippen molar-refractivity contribution < 1.29 is 24.5 Å². The van der Waals surface area contributed by atoms with Crippen LogP contribution in [0.15, 0.2) is 12.2 Å². The number of unbranched alkanes of at least 4 members (excludes halogenated alkanes) is 56. The van der Waals surface area contributed by atoms with Gasteiger partial charge in [-0.25, -0.2) is 0 Å². The summed E-state index contributed by atoms with van der Waals surface area (Å²) < 4.78 is 5.51. The molecule has 0 bridgehead atoms. The average molecular weight is 1110 g/mol. The van der Waals surface area contributed by atoms with Crippen LogP contribution in [0.5, 0.6) is 0 Å². The monoisotopic (exact) mass is 1110 g/mol. The molecule has 0 aromatic rings. The fourth-order valence-corrected chi connectivity index (χ4v) is 11.8. The summed E-state index contributed by atoms with van der Waals surface area (Å²) in [4.78, 5) is 24.6. The zero-order valence-corrected chi connectivity index (χ0v) is 53.9. The molecule has 0 aliphatic heterocycles. The van der Waals surface area contributed by atoms with E-state index in [2.05, 4.69) is 31.3 Å². The van der Waals surface area contributed by atoms with Crippen LogP contribution < -0.4 is 5.32 Å². The van der Waals surface area contributed by atoms with E-state index in [0.29, 0.717) is 25.9 Å². The van der Waals surface area contributed by atoms with E-state index in [-0.39, 0.29) is 18.5 Å². The third-order valence-electron chi connectivity index (χ3n) is 17.3. The number of esters is 1. The third kappa shape index (κ3) is 65.6. The van der Waals surface area contributed by atoms with Gasteiger partial charge in [0.05, 0.1) is 25.4 Å². The van der Waals surface area contributed by atoms with Crippen molar-refractivity contribution in [2.45, 2.75) is 431 Å². The maximum absolute atomic E-state index is 12.5. The minimum Gasteiger partial charge on any atom is -0.466 e. The third-order valence-corrected chi connectivity index (χ3v) is 17.3. The van der Waals surface area contributed by atoms with Gasteiger partial charge in [0.2, 0.25) is 5.91 Å². The lowest BCUT2D eigenvalue weighted by atomic mass is 10.0. The predicted molar refractivity (Wildman–Crippen MR) is 347 cm³/mol. The Morgan fingerprint density at radius 3 is 0.899 bits per heavy atom. The van der Waals surface area contributed by atoms with Crippen molar-refractivity contribution in [1.29, 1.82) is 0 Å². The van der Waals surface area contributed by atoms with Crippen molar-refractivity contribution in [3.8, 4) is 0 Å². The zero-order valence-electron chi connectivity index (χ0n) is 53.9. The molecule has 0 heterocycles. The summed E-state index contributed by atoms with van der Waals surface area (Å²) in [5.41, 5.74) is 0. The fraction of sp³-hybridized carbons (Fsp3) is 0.945. The summed E-state index contributed by atoms with van der Waals surface area (Å²) in [6, 6.07) is -0.542. The lowest BCUT2D eigenvalue weighted by molar-refractivity contribution is -0.143. The van der Waals surface area contributed by atoms with Crippen LogP contribution >= 0.6 is 0 Å². The summed E-state index contributed by atoms with van der Waals surface area (Å²) >= 11 is 0. The highest BCUT2D eigenvalue weighted by Gasteiger charge is 2.20. The molecule has 0 spiro atoms. The molecular formula is C73H143NO5. The van der Waals surface area contributed by atoms with Gasteiger partial charge in [-0.15, -0.1) is 0 Å². The minimum atomic E-state index is -0.664. The van der Waals surface area contributed by atoms with E-state index in [1.165, 1.54) is 347 Å². The maximum Gasteiger partial charge on any atom is 0.305 e. The van der Waals surface area contributed by atoms with Crippen LogP contribution in [0.4, 0.5) is 0 Å². The van der Waals surface area contributed by atoms with E-state index in [1.807, 2.05) is 0 Å². The largest absolute Gasteiger partial charge is 0.466 e. The van der Waals surface area contributed by atoms with E-state index in [0.717, 1.165) is 38.5 Å². The first kappa shape index (κ1) is 77.6. The first-order chi connectivity index (χ1) is 39.0. The van der Waals surface area contributed by atoms with Crippen LogP contribution in [0.1, 0.15) is 418 Å². The quantitative estimate of drug-likeness (QED) is 0.0320. The summed E-state index contributed by atoms with van der Waals surface area (Å²) in [7, 11) is 0. The van der Waals surface area contributed by atoms with Crippen molar-refractivity contribution in [3.63, 3.8) is 0 Å². The predicted octanol–water partition coefficient (Wildman–Crippen LogP) is 23.5. The molecule has 470 valence electrons. The number of nitrogens with one attached hydrogen (secondary N) is 1. The van der Waals surface area contributed by atoms with Crippen molar-refractivity contribution >= 4 is 11.9 Å². The molecule has 6 nitrogen and oxygen atoms in total. The Labute approximate surface area is 495 Å². The van der Waals surface area contributed by atoms with E-state index in [9.17, 15) is 19.8 Å². The molecule has 0 fully saturated rings. The topological polar surface area (TPSA) is 95.9 Å². The van der Waals surface area contributed by atoms with E-state index >= 15 is 0 Å². The first-order valence-electron chi connectivity index (χ1n) is 36.4. The Hall–Kier alpha value is -1.40. The summed E-state index contributed by atoms with van der Waals surface area (Å²) in [5.74, 6) is -0.0110. The molecule has 6 heteroatoms. The van der Waals surface area contributed by atoms with E-state index < -0.39 is 12.1 Å². The lowest BCUT2D eigenvalue weighted by Gasteiger charge is -2.22. The Bertz CT molecular complexity index is 1190. The number of hydrogen-bond acceptors (Lipinski definition) is 5. The number of amides is 1. The number of aliphatic hydroxyl groups is 2. The summed E-state index contributed by atoms with van der Waals surface area (Å²) in [6.07, 6.45) is 85.5. The highest BCUT2D eigenvalue weighted by Crippen LogP contribution is 2.19. The van der Waals surface area contributed by atoms with Crippen LogP contribution in [0.2, 0.25) is 0 Å². The van der Waals surface area contributed by atoms with Gasteiger partial charge in [-0.05, 0) is 51.4 Å². The Balaban J connectivity index is 3.36. The minimum absolute atomic E-state index is 0.0207. The second kappa shape index (κ2) is 69.1. The standard InChI is InChI=1S/C73H143NO5/c1-3-5-7-9-11-13-15-17-19-21-35-39-43-47-51-55-59-63-67-73(78)79-68-64-60-56-52-48-44-40-36-32-30-28-26-24-22-23-25-27-29-31-34-38-42-46-50-54-58-62-66-72(77)74-70(69-75)71(76)65-61-57-53-49-45-41-37-33-20-18-16-14-12-10-8-6-4-2/h22-23,70-71,75-76H,3-21,24-69H2,1-2H3,(H,74,77)/b23-22-. The van der Waals surface area contributed by atoms with Crippen molar-refractivity contribution in [2.75, 3.05) is 13.2 Å². The van der Waals surface area contributed by atoms with Gasteiger partial charge >= 0.3 is 5.97 Å². The molecule has 0 aliphatic carbocycles. The molecule has 0 radical (unpaired) electrons. The Morgan fingerprint density at radius 2 is 0.595 bits per heavy atom. The van der Waals surface area contributed by atoms with Gasteiger partial charge in [0, 0.05) is 12.8 Å². The zero-order chi connectivity index (χ0) is 57.1. The van der Waals surface area contributed by atoms with Crippen molar-refractivity contribution in [1.82, 2.24) is 5.32 Å². The smallest absolute Gasteiger partial charge is 0.305 e. The van der Waals surface area contributed by atoms with Gasteiger partial charge in [0.25, 0.3) is 0 Å². The van der Waals surface area contributed by atoms with Crippen LogP contribution in [-0.2, 0) is 14.3 Å². The molecule has 0 saturated heterocycles. The molecule has 2 atom stereocenters. The highest BCUT2D eigenvalue weighted by atomic mass is 16.5. The van der Waals surface area contributed by atoms with E-state index in [1.54, 1.807) is 0 Å². The van der Waals surface area contributed by atoms with Gasteiger partial charge in [-0.1, -0.05) is 366 Å². The highest BCUT2D eigenvalue weighted by molar-refractivity contribution is 5.76. The van der Waals surface area contributed by atoms with Gasteiger partial charge < -0.3 is 20.3 Å². The normalized spacial score (nSPS) is 12.5. The molecule has 3 N–H and O–H groups in total. The fourth-order valence-electron chi connectivity index (χ4n) is 11.8. The average Bonchev–Trinajstić information content (AvgIpc) is 3.45. The number of aliphatic hydroxyl groups excluding tert-OH is 2. The molecule has 2 unspecified atom stereocenters. The van der Waals surface area contributed by atoms with Gasteiger partial charge in [0.1, 0.15) is 0 Å². The number of ether oxygens (including phenoxy) is 1.